The molecule has 4 heteroatoms. The zero-order valence-corrected chi connectivity index (χ0v) is 8.98. The van der Waals surface area contributed by atoms with E-state index in [1.54, 1.807) is 0 Å². The summed E-state index contributed by atoms with van der Waals surface area (Å²) in [5, 5.41) is 16.5. The molecule has 0 aliphatic heterocycles. The van der Waals surface area contributed by atoms with E-state index in [0.29, 0.717) is 6.04 Å². The number of rotatable bonds is 5. The molecule has 1 N–H and O–H groups in total. The molecule has 1 saturated carbocycles. The second kappa shape index (κ2) is 4.45. The van der Waals surface area contributed by atoms with Crippen molar-refractivity contribution in [3.63, 3.8) is 0 Å². The van der Waals surface area contributed by atoms with Crippen molar-refractivity contribution in [1.82, 2.24) is 15.1 Å². The molecular formula is C11H16N4. The lowest BCUT2D eigenvalue weighted by molar-refractivity contribution is 0.491. The molecule has 1 fully saturated rings. The summed E-state index contributed by atoms with van der Waals surface area (Å²) in [5.41, 5.74) is 1.17. The van der Waals surface area contributed by atoms with Gasteiger partial charge in [-0.3, -0.25) is 10.00 Å². The van der Waals surface area contributed by atoms with Gasteiger partial charge in [0, 0.05) is 18.8 Å². The Morgan fingerprint density at radius 2 is 2.53 bits per heavy atom. The van der Waals surface area contributed by atoms with Crippen LogP contribution in [0.25, 0.3) is 0 Å². The third-order valence-corrected chi connectivity index (χ3v) is 2.58. The molecule has 1 aromatic heterocycles. The fourth-order valence-corrected chi connectivity index (χ4v) is 1.57. The highest BCUT2D eigenvalue weighted by molar-refractivity contribution is 5.00. The fourth-order valence-electron chi connectivity index (χ4n) is 1.57. The minimum atomic E-state index is -0.0259. The minimum absolute atomic E-state index is 0.0259. The van der Waals surface area contributed by atoms with E-state index in [-0.39, 0.29) is 6.04 Å². The predicted octanol–water partition coefficient (Wildman–Crippen LogP) is 1.23. The van der Waals surface area contributed by atoms with E-state index in [1.807, 2.05) is 24.0 Å². The quantitative estimate of drug-likeness (QED) is 0.784. The Morgan fingerprint density at radius 1 is 1.73 bits per heavy atom. The summed E-state index contributed by atoms with van der Waals surface area (Å²) < 4.78 is 1.90. The Bertz CT molecular complexity index is 359. The summed E-state index contributed by atoms with van der Waals surface area (Å²) in [6.45, 7) is 2.83. The zero-order valence-electron chi connectivity index (χ0n) is 8.98. The maximum Gasteiger partial charge on any atom is 0.0972 e. The lowest BCUT2D eigenvalue weighted by Gasteiger charge is -2.10. The van der Waals surface area contributed by atoms with Crippen molar-refractivity contribution in [2.75, 3.05) is 0 Å². The molecule has 1 aromatic rings. The first-order valence-corrected chi connectivity index (χ1v) is 5.42. The van der Waals surface area contributed by atoms with Gasteiger partial charge in [-0.25, -0.2) is 0 Å². The van der Waals surface area contributed by atoms with Crippen LogP contribution in [-0.4, -0.2) is 21.9 Å². The highest BCUT2D eigenvalue weighted by Crippen LogP contribution is 2.19. The Hall–Kier alpha value is -1.34. The SMILES string of the molecule is Cc1cnn(CCC(C#N)NC2CC2)c1. The third-order valence-electron chi connectivity index (χ3n) is 2.58. The molecule has 0 aromatic carbocycles. The molecule has 0 spiro atoms. The normalized spacial score (nSPS) is 17.3. The van der Waals surface area contributed by atoms with Crippen molar-refractivity contribution >= 4 is 0 Å². The summed E-state index contributed by atoms with van der Waals surface area (Å²) in [7, 11) is 0. The molecule has 0 bridgehead atoms. The first-order valence-electron chi connectivity index (χ1n) is 5.42. The van der Waals surface area contributed by atoms with Gasteiger partial charge < -0.3 is 0 Å². The first kappa shape index (κ1) is 10.2. The van der Waals surface area contributed by atoms with Gasteiger partial charge in [0.1, 0.15) is 0 Å². The van der Waals surface area contributed by atoms with Gasteiger partial charge in [0.15, 0.2) is 0 Å². The molecule has 1 aliphatic carbocycles. The van der Waals surface area contributed by atoms with Crippen molar-refractivity contribution in [3.8, 4) is 6.07 Å². The number of nitriles is 1. The van der Waals surface area contributed by atoms with E-state index < -0.39 is 0 Å². The van der Waals surface area contributed by atoms with E-state index in [1.165, 1.54) is 18.4 Å². The largest absolute Gasteiger partial charge is 0.299 e. The standard InChI is InChI=1S/C11H16N4/c1-9-7-13-15(8-9)5-4-11(6-12)14-10-2-3-10/h7-8,10-11,14H,2-5H2,1H3. The molecule has 0 amide bonds. The lowest BCUT2D eigenvalue weighted by atomic mass is 10.2. The number of hydrogen-bond acceptors (Lipinski definition) is 3. The van der Waals surface area contributed by atoms with Crippen LogP contribution in [0.1, 0.15) is 24.8 Å². The third kappa shape index (κ3) is 3.07. The van der Waals surface area contributed by atoms with Crippen LogP contribution in [0.15, 0.2) is 12.4 Å². The topological polar surface area (TPSA) is 53.6 Å². The zero-order chi connectivity index (χ0) is 10.7. The number of aryl methyl sites for hydroxylation is 2. The first-order chi connectivity index (χ1) is 7.28. The molecule has 80 valence electrons. The van der Waals surface area contributed by atoms with Crippen LogP contribution in [-0.2, 0) is 6.54 Å². The van der Waals surface area contributed by atoms with Gasteiger partial charge in [-0.2, -0.15) is 10.4 Å². The average Bonchev–Trinajstić information content (AvgIpc) is 2.95. The molecule has 0 saturated heterocycles. The molecule has 15 heavy (non-hydrogen) atoms. The van der Waals surface area contributed by atoms with Gasteiger partial charge in [-0.05, 0) is 31.7 Å². The van der Waals surface area contributed by atoms with Gasteiger partial charge in [-0.1, -0.05) is 0 Å². The Morgan fingerprint density at radius 3 is 3.07 bits per heavy atom. The molecule has 0 radical (unpaired) electrons. The minimum Gasteiger partial charge on any atom is -0.299 e. The molecular weight excluding hydrogens is 188 g/mol. The average molecular weight is 204 g/mol. The van der Waals surface area contributed by atoms with E-state index in [2.05, 4.69) is 16.5 Å². The molecule has 4 nitrogen and oxygen atoms in total. The van der Waals surface area contributed by atoms with Crippen molar-refractivity contribution in [2.45, 2.75) is 44.8 Å². The molecule has 1 unspecified atom stereocenters. The molecule has 1 heterocycles. The van der Waals surface area contributed by atoms with Crippen molar-refractivity contribution < 1.29 is 0 Å². The lowest BCUT2D eigenvalue weighted by Crippen LogP contribution is -2.30. The van der Waals surface area contributed by atoms with Gasteiger partial charge in [0.25, 0.3) is 0 Å². The number of nitrogens with zero attached hydrogens (tertiary/aromatic N) is 3. The van der Waals surface area contributed by atoms with E-state index in [4.69, 9.17) is 5.26 Å². The van der Waals surface area contributed by atoms with Crippen LogP contribution in [0.2, 0.25) is 0 Å². The van der Waals surface area contributed by atoms with Crippen LogP contribution < -0.4 is 5.32 Å². The van der Waals surface area contributed by atoms with E-state index >= 15 is 0 Å². The van der Waals surface area contributed by atoms with Crippen molar-refractivity contribution in [3.05, 3.63) is 18.0 Å². The summed E-state index contributed by atoms with van der Waals surface area (Å²) in [4.78, 5) is 0. The Labute approximate surface area is 89.9 Å². The summed E-state index contributed by atoms with van der Waals surface area (Å²) in [5.74, 6) is 0. The smallest absolute Gasteiger partial charge is 0.0972 e. The van der Waals surface area contributed by atoms with Crippen LogP contribution in [0, 0.1) is 18.3 Å². The monoisotopic (exact) mass is 204 g/mol. The maximum absolute atomic E-state index is 8.94. The van der Waals surface area contributed by atoms with Gasteiger partial charge in [-0.15, -0.1) is 0 Å². The van der Waals surface area contributed by atoms with E-state index in [9.17, 15) is 0 Å². The van der Waals surface area contributed by atoms with Gasteiger partial charge in [0.2, 0.25) is 0 Å². The van der Waals surface area contributed by atoms with Crippen LogP contribution in [0.3, 0.4) is 0 Å². The van der Waals surface area contributed by atoms with Crippen molar-refractivity contribution in [2.24, 2.45) is 0 Å². The van der Waals surface area contributed by atoms with E-state index in [0.717, 1.165) is 13.0 Å². The fraction of sp³-hybridized carbons (Fsp3) is 0.636. The summed E-state index contributed by atoms with van der Waals surface area (Å²) in [6, 6.07) is 2.86. The summed E-state index contributed by atoms with van der Waals surface area (Å²) >= 11 is 0. The molecule has 1 atom stereocenters. The summed E-state index contributed by atoms with van der Waals surface area (Å²) in [6.07, 6.45) is 7.12. The predicted molar refractivity (Wildman–Crippen MR) is 57.1 cm³/mol. The van der Waals surface area contributed by atoms with Crippen molar-refractivity contribution in [1.29, 1.82) is 5.26 Å². The van der Waals surface area contributed by atoms with Crippen LogP contribution in [0.5, 0.6) is 0 Å². The Balaban J connectivity index is 1.77. The second-order valence-electron chi connectivity index (χ2n) is 4.19. The van der Waals surface area contributed by atoms with Gasteiger partial charge in [0.05, 0.1) is 18.3 Å². The van der Waals surface area contributed by atoms with Crippen LogP contribution in [0.4, 0.5) is 0 Å². The van der Waals surface area contributed by atoms with Gasteiger partial charge >= 0.3 is 0 Å². The highest BCUT2D eigenvalue weighted by atomic mass is 15.3. The Kier molecular flexibility index (Phi) is 3.02. The van der Waals surface area contributed by atoms with Crippen LogP contribution >= 0.6 is 0 Å². The number of hydrogen-bond donors (Lipinski definition) is 1. The molecule has 2 rings (SSSR count). The second-order valence-corrected chi connectivity index (χ2v) is 4.19. The number of nitrogens with one attached hydrogen (secondary N) is 1. The number of aromatic nitrogens is 2. The highest BCUT2D eigenvalue weighted by Gasteiger charge is 2.24. The maximum atomic E-state index is 8.94. The molecule has 1 aliphatic rings.